The van der Waals surface area contributed by atoms with Crippen molar-refractivity contribution in [2.75, 3.05) is 45.2 Å². The molecule has 8 nitrogen and oxygen atoms in total. The lowest BCUT2D eigenvalue weighted by molar-refractivity contribution is 0.0537. The van der Waals surface area contributed by atoms with Crippen LogP contribution in [0.5, 0.6) is 0 Å². The third-order valence-corrected chi connectivity index (χ3v) is 5.19. The topological polar surface area (TPSA) is 79.7 Å². The van der Waals surface area contributed by atoms with Crippen molar-refractivity contribution >= 4 is 22.5 Å². The lowest BCUT2D eigenvalue weighted by Gasteiger charge is -2.34. The average molecular weight is 393 g/mol. The first-order valence-electron chi connectivity index (χ1n) is 9.45. The van der Waals surface area contributed by atoms with E-state index in [1.807, 2.05) is 18.2 Å². The van der Waals surface area contributed by atoms with E-state index in [-0.39, 0.29) is 11.5 Å². The third-order valence-electron chi connectivity index (χ3n) is 5.19. The quantitative estimate of drug-likeness (QED) is 0.676. The van der Waals surface area contributed by atoms with Crippen LogP contribution in [-0.2, 0) is 4.84 Å². The van der Waals surface area contributed by atoms with Crippen LogP contribution in [0.3, 0.4) is 0 Å². The summed E-state index contributed by atoms with van der Waals surface area (Å²) < 4.78 is 1.46. The van der Waals surface area contributed by atoms with Gasteiger partial charge in [-0.1, -0.05) is 6.07 Å². The number of amides is 1. The lowest BCUT2D eigenvalue weighted by atomic mass is 10.1. The maximum Gasteiger partial charge on any atom is 0.274 e. The molecule has 0 atom stereocenters. The van der Waals surface area contributed by atoms with E-state index in [1.54, 1.807) is 24.3 Å². The van der Waals surface area contributed by atoms with E-state index >= 15 is 0 Å². The Morgan fingerprint density at radius 1 is 1.07 bits per heavy atom. The summed E-state index contributed by atoms with van der Waals surface area (Å²) in [7, 11) is 3.48. The van der Waals surface area contributed by atoms with E-state index < -0.39 is 0 Å². The fraction of sp³-hybridized carbons (Fsp3) is 0.286. The molecule has 1 saturated heterocycles. The highest BCUT2D eigenvalue weighted by Crippen LogP contribution is 2.21. The van der Waals surface area contributed by atoms with Gasteiger partial charge in [-0.3, -0.25) is 19.0 Å². The Morgan fingerprint density at radius 2 is 1.86 bits per heavy atom. The fourth-order valence-corrected chi connectivity index (χ4v) is 3.50. The van der Waals surface area contributed by atoms with Gasteiger partial charge in [0.2, 0.25) is 0 Å². The second kappa shape index (κ2) is 8.02. The molecule has 2 heterocycles. The predicted octanol–water partition coefficient (Wildman–Crippen LogP) is 1.43. The van der Waals surface area contributed by atoms with Crippen molar-refractivity contribution in [3.8, 4) is 5.69 Å². The molecule has 1 amide bonds. The van der Waals surface area contributed by atoms with Gasteiger partial charge in [-0.25, -0.2) is 10.5 Å². The molecule has 1 aliphatic rings. The summed E-state index contributed by atoms with van der Waals surface area (Å²) in [5.41, 5.74) is 4.74. The summed E-state index contributed by atoms with van der Waals surface area (Å²) in [6.45, 7) is 3.83. The van der Waals surface area contributed by atoms with Crippen LogP contribution in [0.25, 0.3) is 16.6 Å². The third kappa shape index (κ3) is 3.85. The molecule has 2 aromatic carbocycles. The summed E-state index contributed by atoms with van der Waals surface area (Å²) in [5.74, 6) is -0.381. The second-order valence-corrected chi connectivity index (χ2v) is 7.10. The molecule has 4 rings (SSSR count). The number of hydroxylamine groups is 1. The molecule has 29 heavy (non-hydrogen) atoms. The summed E-state index contributed by atoms with van der Waals surface area (Å²) in [6.07, 6.45) is 1.49. The van der Waals surface area contributed by atoms with Crippen LogP contribution in [0.4, 0.5) is 5.69 Å². The number of carbonyl (C=O) groups is 1. The summed E-state index contributed by atoms with van der Waals surface area (Å²) in [5, 5.41) is 0.552. The Labute approximate surface area is 168 Å². The highest BCUT2D eigenvalue weighted by Gasteiger charge is 2.16. The van der Waals surface area contributed by atoms with Crippen LogP contribution < -0.4 is 15.9 Å². The Morgan fingerprint density at radius 3 is 2.62 bits per heavy atom. The zero-order valence-electron chi connectivity index (χ0n) is 16.5. The molecule has 0 radical (unpaired) electrons. The largest absolute Gasteiger partial charge is 0.369 e. The Hall–Kier alpha value is -3.23. The summed E-state index contributed by atoms with van der Waals surface area (Å²) in [4.78, 5) is 38.9. The van der Waals surface area contributed by atoms with E-state index in [4.69, 9.17) is 0 Å². The SMILES string of the molecule is CONC(=O)c1cccc(-n2cnc3ccc(N4CCN(C)CC4)cc3c2=O)c1. The molecule has 0 aliphatic carbocycles. The van der Waals surface area contributed by atoms with Gasteiger partial charge in [0, 0.05) is 37.4 Å². The summed E-state index contributed by atoms with van der Waals surface area (Å²) in [6, 6.07) is 12.6. The van der Waals surface area contributed by atoms with Crippen molar-refractivity contribution in [2.45, 2.75) is 0 Å². The van der Waals surface area contributed by atoms with E-state index in [1.165, 1.54) is 18.0 Å². The zero-order chi connectivity index (χ0) is 20.4. The molecule has 1 N–H and O–H groups in total. The molecule has 3 aromatic rings. The number of anilines is 1. The predicted molar refractivity (Wildman–Crippen MR) is 112 cm³/mol. The normalized spacial score (nSPS) is 14.9. The molecule has 0 bridgehead atoms. The Bertz CT molecular complexity index is 1100. The highest BCUT2D eigenvalue weighted by molar-refractivity contribution is 5.94. The van der Waals surface area contributed by atoms with Crippen LogP contribution in [0.2, 0.25) is 0 Å². The second-order valence-electron chi connectivity index (χ2n) is 7.10. The van der Waals surface area contributed by atoms with E-state index in [2.05, 4.69) is 32.1 Å². The van der Waals surface area contributed by atoms with Crippen LogP contribution in [-0.4, -0.2) is 60.7 Å². The molecule has 0 saturated carbocycles. The number of piperazine rings is 1. The molecular weight excluding hydrogens is 370 g/mol. The van der Waals surface area contributed by atoms with Gasteiger partial charge >= 0.3 is 0 Å². The van der Waals surface area contributed by atoms with Crippen molar-refractivity contribution in [1.29, 1.82) is 0 Å². The minimum Gasteiger partial charge on any atom is -0.369 e. The van der Waals surface area contributed by atoms with Gasteiger partial charge in [-0.15, -0.1) is 0 Å². The number of likely N-dealkylation sites (N-methyl/N-ethyl adjacent to an activating group) is 1. The number of nitrogens with one attached hydrogen (secondary N) is 1. The number of fused-ring (bicyclic) bond motifs is 1. The maximum absolute atomic E-state index is 13.2. The van der Waals surface area contributed by atoms with Gasteiger partial charge in [0.25, 0.3) is 11.5 Å². The Balaban J connectivity index is 1.73. The van der Waals surface area contributed by atoms with Crippen molar-refractivity contribution in [1.82, 2.24) is 19.9 Å². The first-order valence-corrected chi connectivity index (χ1v) is 9.45. The Kier molecular flexibility index (Phi) is 5.28. The maximum atomic E-state index is 13.2. The molecular formula is C21H23N5O3. The van der Waals surface area contributed by atoms with Crippen molar-refractivity contribution in [3.63, 3.8) is 0 Å². The number of hydrogen-bond acceptors (Lipinski definition) is 6. The van der Waals surface area contributed by atoms with Gasteiger partial charge in [0.1, 0.15) is 6.33 Å². The van der Waals surface area contributed by atoms with E-state index in [0.717, 1.165) is 31.9 Å². The molecule has 8 heteroatoms. The monoisotopic (exact) mass is 393 g/mol. The van der Waals surface area contributed by atoms with Gasteiger partial charge in [-0.2, -0.15) is 0 Å². The van der Waals surface area contributed by atoms with Crippen molar-refractivity contribution in [2.24, 2.45) is 0 Å². The number of carbonyl (C=O) groups excluding carboxylic acids is 1. The standard InChI is InChI=1S/C21H23N5O3/c1-24-8-10-25(11-9-24)16-6-7-19-18(13-16)21(28)26(14-22-19)17-5-3-4-15(12-17)20(27)23-29-2/h3-7,12-14H,8-11H2,1-2H3,(H,23,27). The van der Waals surface area contributed by atoms with Gasteiger partial charge in [0.15, 0.2) is 0 Å². The molecule has 150 valence electrons. The van der Waals surface area contributed by atoms with Crippen LogP contribution >= 0.6 is 0 Å². The molecule has 0 spiro atoms. The molecule has 1 aliphatic heterocycles. The number of aromatic nitrogens is 2. The van der Waals surface area contributed by atoms with Crippen LogP contribution in [0, 0.1) is 0 Å². The highest BCUT2D eigenvalue weighted by atomic mass is 16.6. The van der Waals surface area contributed by atoms with Gasteiger partial charge in [-0.05, 0) is 43.4 Å². The minimum atomic E-state index is -0.381. The minimum absolute atomic E-state index is 0.171. The van der Waals surface area contributed by atoms with Gasteiger partial charge < -0.3 is 9.80 Å². The van der Waals surface area contributed by atoms with E-state index in [0.29, 0.717) is 22.2 Å². The molecule has 0 unspecified atom stereocenters. The van der Waals surface area contributed by atoms with Gasteiger partial charge in [0.05, 0.1) is 23.7 Å². The fourth-order valence-electron chi connectivity index (χ4n) is 3.50. The number of rotatable bonds is 4. The number of hydrogen-bond donors (Lipinski definition) is 1. The number of nitrogens with zero attached hydrogens (tertiary/aromatic N) is 4. The average Bonchev–Trinajstić information content (AvgIpc) is 2.75. The van der Waals surface area contributed by atoms with Crippen molar-refractivity contribution < 1.29 is 9.63 Å². The number of benzene rings is 2. The smallest absolute Gasteiger partial charge is 0.274 e. The first-order chi connectivity index (χ1) is 14.1. The van der Waals surface area contributed by atoms with Crippen molar-refractivity contribution in [3.05, 3.63) is 64.7 Å². The summed E-state index contributed by atoms with van der Waals surface area (Å²) >= 11 is 0. The van der Waals surface area contributed by atoms with Crippen LogP contribution in [0.15, 0.2) is 53.6 Å². The lowest BCUT2D eigenvalue weighted by Crippen LogP contribution is -2.44. The molecule has 1 aromatic heterocycles. The van der Waals surface area contributed by atoms with E-state index in [9.17, 15) is 9.59 Å². The van der Waals surface area contributed by atoms with Crippen LogP contribution in [0.1, 0.15) is 10.4 Å². The zero-order valence-corrected chi connectivity index (χ0v) is 16.5. The molecule has 1 fully saturated rings. The first kappa shape index (κ1) is 19.1.